The summed E-state index contributed by atoms with van der Waals surface area (Å²) in [5.41, 5.74) is 1.66. The number of rotatable bonds is 4. The summed E-state index contributed by atoms with van der Waals surface area (Å²) in [6.45, 7) is 3.62. The molecule has 28 heavy (non-hydrogen) atoms. The summed E-state index contributed by atoms with van der Waals surface area (Å²) in [5.74, 6) is -0.254. The molecule has 1 amide bonds. The Bertz CT molecular complexity index is 925. The standard InChI is InChI=1S/C21H22F2N2O2S/c1-21(2,3)12-8-9-13-15(11-24)19(28-17(13)10-12)25-18(26)14-6-4-5-7-16(14)27-20(22)23/h4-7,12,20H,8-10H2,1-3H3,(H,25,26)/t12-/m1/s1. The molecule has 0 bridgehead atoms. The highest BCUT2D eigenvalue weighted by Crippen LogP contribution is 2.44. The van der Waals surface area contributed by atoms with Gasteiger partial charge in [-0.1, -0.05) is 32.9 Å². The van der Waals surface area contributed by atoms with Gasteiger partial charge in [-0.2, -0.15) is 14.0 Å². The first kappa shape index (κ1) is 20.3. The van der Waals surface area contributed by atoms with Gasteiger partial charge >= 0.3 is 6.61 Å². The molecular weight excluding hydrogens is 382 g/mol. The maximum Gasteiger partial charge on any atom is 0.387 e. The molecule has 0 saturated carbocycles. The van der Waals surface area contributed by atoms with Crippen LogP contribution in [-0.4, -0.2) is 12.5 Å². The van der Waals surface area contributed by atoms with Crippen LogP contribution in [0.2, 0.25) is 0 Å². The molecule has 1 N–H and O–H groups in total. The summed E-state index contributed by atoms with van der Waals surface area (Å²) in [6.07, 6.45) is 2.68. The molecule has 0 saturated heterocycles. The predicted molar refractivity (Wildman–Crippen MR) is 105 cm³/mol. The fraction of sp³-hybridized carbons (Fsp3) is 0.429. The number of nitrogens with zero attached hydrogens (tertiary/aromatic N) is 1. The SMILES string of the molecule is CC(C)(C)[C@@H]1CCc2c(sc(NC(=O)c3ccccc3OC(F)F)c2C#N)C1. The van der Waals surface area contributed by atoms with Crippen molar-refractivity contribution in [1.82, 2.24) is 0 Å². The van der Waals surface area contributed by atoms with E-state index in [4.69, 9.17) is 0 Å². The highest BCUT2D eigenvalue weighted by atomic mass is 32.1. The molecule has 1 aliphatic carbocycles. The van der Waals surface area contributed by atoms with Crippen molar-refractivity contribution >= 4 is 22.2 Å². The van der Waals surface area contributed by atoms with E-state index < -0.39 is 12.5 Å². The van der Waals surface area contributed by atoms with Crippen molar-refractivity contribution in [3.8, 4) is 11.8 Å². The summed E-state index contributed by atoms with van der Waals surface area (Å²) < 4.78 is 29.6. The number of fused-ring (bicyclic) bond motifs is 1. The molecule has 3 rings (SSSR count). The lowest BCUT2D eigenvalue weighted by Crippen LogP contribution is -2.26. The van der Waals surface area contributed by atoms with Gasteiger partial charge in [0.05, 0.1) is 11.1 Å². The Hall–Kier alpha value is -2.46. The van der Waals surface area contributed by atoms with Gasteiger partial charge in [-0.25, -0.2) is 0 Å². The Morgan fingerprint density at radius 3 is 2.71 bits per heavy atom. The lowest BCUT2D eigenvalue weighted by Gasteiger charge is -2.33. The van der Waals surface area contributed by atoms with E-state index in [1.54, 1.807) is 6.07 Å². The second-order valence-corrected chi connectivity index (χ2v) is 9.06. The zero-order chi connectivity index (χ0) is 20.5. The Labute approximate surface area is 167 Å². The minimum atomic E-state index is -3.02. The van der Waals surface area contributed by atoms with Crippen LogP contribution in [-0.2, 0) is 12.8 Å². The van der Waals surface area contributed by atoms with Crippen LogP contribution in [0.4, 0.5) is 13.8 Å². The number of anilines is 1. The first-order chi connectivity index (χ1) is 13.2. The molecule has 1 aromatic carbocycles. The molecule has 1 aromatic heterocycles. The van der Waals surface area contributed by atoms with Gasteiger partial charge in [0.2, 0.25) is 0 Å². The maximum absolute atomic E-state index is 12.7. The number of thiophene rings is 1. The van der Waals surface area contributed by atoms with Gasteiger partial charge < -0.3 is 10.1 Å². The molecule has 0 spiro atoms. The van der Waals surface area contributed by atoms with E-state index in [0.717, 1.165) is 29.7 Å². The maximum atomic E-state index is 12.7. The number of carbonyl (C=O) groups is 1. The van der Waals surface area contributed by atoms with Crippen molar-refractivity contribution in [2.24, 2.45) is 11.3 Å². The number of benzene rings is 1. The lowest BCUT2D eigenvalue weighted by molar-refractivity contribution is -0.0501. The molecular formula is C21H22F2N2O2S. The molecule has 0 unspecified atom stereocenters. The van der Waals surface area contributed by atoms with E-state index in [2.05, 4.69) is 36.9 Å². The summed E-state index contributed by atoms with van der Waals surface area (Å²) in [4.78, 5) is 13.8. The topological polar surface area (TPSA) is 62.1 Å². The Morgan fingerprint density at radius 2 is 2.07 bits per heavy atom. The Kier molecular flexibility index (Phi) is 5.71. The van der Waals surface area contributed by atoms with Crippen molar-refractivity contribution < 1.29 is 18.3 Å². The summed E-state index contributed by atoms with van der Waals surface area (Å²) in [7, 11) is 0. The van der Waals surface area contributed by atoms with E-state index in [1.165, 1.54) is 29.5 Å². The lowest BCUT2D eigenvalue weighted by atomic mass is 9.72. The molecule has 1 atom stereocenters. The molecule has 0 aliphatic heterocycles. The van der Waals surface area contributed by atoms with Gasteiger partial charge in [0.15, 0.2) is 0 Å². The van der Waals surface area contributed by atoms with Crippen LogP contribution >= 0.6 is 11.3 Å². The second kappa shape index (κ2) is 7.88. The van der Waals surface area contributed by atoms with Crippen LogP contribution in [0, 0.1) is 22.7 Å². The van der Waals surface area contributed by atoms with E-state index in [-0.39, 0.29) is 16.7 Å². The quantitative estimate of drug-likeness (QED) is 0.719. The van der Waals surface area contributed by atoms with Crippen LogP contribution in [0.1, 0.15) is 53.6 Å². The van der Waals surface area contributed by atoms with Gasteiger partial charge in [0.25, 0.3) is 5.91 Å². The first-order valence-electron chi connectivity index (χ1n) is 9.10. The Balaban J connectivity index is 1.88. The summed E-state index contributed by atoms with van der Waals surface area (Å²) in [5, 5.41) is 12.8. The van der Waals surface area contributed by atoms with Crippen molar-refractivity contribution in [2.45, 2.75) is 46.6 Å². The highest BCUT2D eigenvalue weighted by molar-refractivity contribution is 7.16. The number of carbonyl (C=O) groups excluding carboxylic acids is 1. The number of nitriles is 1. The first-order valence-corrected chi connectivity index (χ1v) is 9.92. The van der Waals surface area contributed by atoms with Crippen molar-refractivity contribution in [1.29, 1.82) is 5.26 Å². The van der Waals surface area contributed by atoms with Crippen LogP contribution in [0.15, 0.2) is 24.3 Å². The number of hydrogen-bond acceptors (Lipinski definition) is 4. The monoisotopic (exact) mass is 404 g/mol. The molecule has 2 aromatic rings. The normalized spacial score (nSPS) is 16.4. The number of nitrogens with one attached hydrogen (secondary N) is 1. The minimum absolute atomic E-state index is 0.00521. The van der Waals surface area contributed by atoms with Gasteiger partial charge in [-0.3, -0.25) is 4.79 Å². The number of halogens is 2. The zero-order valence-corrected chi connectivity index (χ0v) is 16.8. The van der Waals surface area contributed by atoms with Gasteiger partial charge in [-0.15, -0.1) is 11.3 Å². The third-order valence-corrected chi connectivity index (χ3v) is 6.35. The zero-order valence-electron chi connectivity index (χ0n) is 16.0. The second-order valence-electron chi connectivity index (χ2n) is 7.95. The molecule has 0 fully saturated rings. The molecule has 1 aliphatic rings. The number of para-hydroxylation sites is 1. The predicted octanol–water partition coefficient (Wildman–Crippen LogP) is 5.62. The van der Waals surface area contributed by atoms with Crippen LogP contribution in [0.25, 0.3) is 0 Å². The van der Waals surface area contributed by atoms with E-state index in [9.17, 15) is 18.8 Å². The third kappa shape index (κ3) is 4.17. The smallest absolute Gasteiger partial charge is 0.387 e. The third-order valence-electron chi connectivity index (χ3n) is 5.18. The molecule has 148 valence electrons. The Morgan fingerprint density at radius 1 is 1.36 bits per heavy atom. The fourth-order valence-corrected chi connectivity index (χ4v) is 4.83. The molecule has 1 heterocycles. The summed E-state index contributed by atoms with van der Waals surface area (Å²) >= 11 is 1.41. The van der Waals surface area contributed by atoms with Crippen LogP contribution in [0.3, 0.4) is 0 Å². The largest absolute Gasteiger partial charge is 0.434 e. The van der Waals surface area contributed by atoms with Crippen molar-refractivity contribution in [3.63, 3.8) is 0 Å². The van der Waals surface area contributed by atoms with E-state index >= 15 is 0 Å². The summed E-state index contributed by atoms with van der Waals surface area (Å²) in [6, 6.07) is 8.04. The van der Waals surface area contributed by atoms with Gasteiger partial charge in [-0.05, 0) is 48.3 Å². The van der Waals surface area contributed by atoms with E-state index in [1.807, 2.05) is 0 Å². The molecule has 0 radical (unpaired) electrons. The van der Waals surface area contributed by atoms with Crippen LogP contribution in [0.5, 0.6) is 5.75 Å². The van der Waals surface area contributed by atoms with Crippen molar-refractivity contribution in [3.05, 3.63) is 45.8 Å². The average Bonchev–Trinajstić information content (AvgIpc) is 2.96. The highest BCUT2D eigenvalue weighted by Gasteiger charge is 2.32. The number of amides is 1. The molecule has 4 nitrogen and oxygen atoms in total. The van der Waals surface area contributed by atoms with Gasteiger partial charge in [0.1, 0.15) is 16.8 Å². The van der Waals surface area contributed by atoms with Gasteiger partial charge in [0, 0.05) is 4.88 Å². The number of alkyl halides is 2. The fourth-order valence-electron chi connectivity index (χ4n) is 3.55. The average molecular weight is 404 g/mol. The van der Waals surface area contributed by atoms with E-state index in [0.29, 0.717) is 16.5 Å². The number of ether oxygens (including phenoxy) is 1. The minimum Gasteiger partial charge on any atom is -0.434 e. The van der Waals surface area contributed by atoms with Crippen molar-refractivity contribution in [2.75, 3.05) is 5.32 Å². The molecule has 7 heteroatoms. The van der Waals surface area contributed by atoms with Crippen LogP contribution < -0.4 is 10.1 Å². The number of hydrogen-bond donors (Lipinski definition) is 1.